The first kappa shape index (κ1) is 7.34. The minimum Gasteiger partial charge on any atom is -0.393 e. The first-order valence-corrected chi connectivity index (χ1v) is 5.05. The van der Waals surface area contributed by atoms with Crippen molar-refractivity contribution in [2.45, 2.75) is 50.9 Å². The molecule has 2 heteroatoms. The van der Waals surface area contributed by atoms with Crippen LogP contribution < -0.4 is 0 Å². The Hall–Kier alpha value is -0.0800. The van der Waals surface area contributed by atoms with Gasteiger partial charge in [-0.2, -0.15) is 0 Å². The van der Waals surface area contributed by atoms with Gasteiger partial charge < -0.3 is 9.84 Å². The molecule has 0 amide bonds. The highest BCUT2D eigenvalue weighted by Gasteiger charge is 2.60. The Kier molecular flexibility index (Phi) is 1.25. The summed E-state index contributed by atoms with van der Waals surface area (Å²) >= 11 is 0. The number of epoxide rings is 1. The fourth-order valence-electron chi connectivity index (χ4n) is 3.33. The molecule has 0 aromatic heterocycles. The van der Waals surface area contributed by atoms with Crippen molar-refractivity contribution in [3.05, 3.63) is 0 Å². The number of rotatable bonds is 0. The Morgan fingerprint density at radius 3 is 3.00 bits per heavy atom. The molecule has 2 nitrogen and oxygen atoms in total. The van der Waals surface area contributed by atoms with Crippen LogP contribution in [-0.4, -0.2) is 23.4 Å². The summed E-state index contributed by atoms with van der Waals surface area (Å²) in [4.78, 5) is 0. The smallest absolute Gasteiger partial charge is 0.0876 e. The van der Waals surface area contributed by atoms with Crippen LogP contribution in [0.4, 0.5) is 0 Å². The third-order valence-corrected chi connectivity index (χ3v) is 4.35. The average molecular weight is 168 g/mol. The normalized spacial score (nSPS) is 62.5. The van der Waals surface area contributed by atoms with E-state index in [0.717, 1.165) is 6.42 Å². The highest BCUT2D eigenvalue weighted by Crippen LogP contribution is 2.58. The van der Waals surface area contributed by atoms with E-state index in [2.05, 4.69) is 6.92 Å². The van der Waals surface area contributed by atoms with Gasteiger partial charge in [-0.15, -0.1) is 0 Å². The van der Waals surface area contributed by atoms with Crippen LogP contribution in [0.5, 0.6) is 0 Å². The van der Waals surface area contributed by atoms with Crippen molar-refractivity contribution in [1.82, 2.24) is 0 Å². The summed E-state index contributed by atoms with van der Waals surface area (Å²) in [5.74, 6) is 0.659. The summed E-state index contributed by atoms with van der Waals surface area (Å²) in [6.07, 6.45) is 5.53. The fourth-order valence-corrected chi connectivity index (χ4v) is 3.33. The zero-order chi connectivity index (χ0) is 8.34. The molecule has 3 rings (SSSR count). The molecule has 0 radical (unpaired) electrons. The topological polar surface area (TPSA) is 32.8 Å². The second-order valence-electron chi connectivity index (χ2n) is 4.88. The number of fused-ring (bicyclic) bond motifs is 3. The minimum atomic E-state index is -0.0624. The summed E-state index contributed by atoms with van der Waals surface area (Å²) in [5, 5.41) is 9.86. The van der Waals surface area contributed by atoms with Gasteiger partial charge in [0.15, 0.2) is 0 Å². The Bertz CT molecular complexity index is 216. The van der Waals surface area contributed by atoms with Crippen molar-refractivity contribution in [3.63, 3.8) is 0 Å². The molecule has 1 N–H and O–H groups in total. The molecule has 0 bridgehead atoms. The molecule has 5 atom stereocenters. The van der Waals surface area contributed by atoms with Crippen LogP contribution in [0, 0.1) is 11.3 Å². The van der Waals surface area contributed by atoms with Crippen molar-refractivity contribution in [2.75, 3.05) is 0 Å². The van der Waals surface area contributed by atoms with E-state index in [-0.39, 0.29) is 11.5 Å². The quantitative estimate of drug-likeness (QED) is 0.553. The highest BCUT2D eigenvalue weighted by molar-refractivity contribution is 5.09. The zero-order valence-corrected chi connectivity index (χ0v) is 7.49. The molecular formula is C10H16O2. The number of aliphatic hydroxyl groups is 1. The van der Waals surface area contributed by atoms with E-state index in [0.29, 0.717) is 18.1 Å². The van der Waals surface area contributed by atoms with Crippen LogP contribution >= 0.6 is 0 Å². The molecule has 12 heavy (non-hydrogen) atoms. The van der Waals surface area contributed by atoms with Gasteiger partial charge in [0.25, 0.3) is 0 Å². The molecule has 2 saturated carbocycles. The number of aliphatic hydroxyl groups excluding tert-OH is 1. The third-order valence-electron chi connectivity index (χ3n) is 4.35. The van der Waals surface area contributed by atoms with E-state index in [1.165, 1.54) is 19.3 Å². The van der Waals surface area contributed by atoms with Crippen LogP contribution in [0.25, 0.3) is 0 Å². The molecule has 68 valence electrons. The van der Waals surface area contributed by atoms with Crippen molar-refractivity contribution in [2.24, 2.45) is 11.3 Å². The van der Waals surface area contributed by atoms with E-state index in [1.54, 1.807) is 0 Å². The molecule has 1 heterocycles. The Morgan fingerprint density at radius 1 is 1.33 bits per heavy atom. The molecule has 0 unspecified atom stereocenters. The van der Waals surface area contributed by atoms with Gasteiger partial charge in [-0.1, -0.05) is 6.92 Å². The first-order valence-electron chi connectivity index (χ1n) is 5.05. The van der Waals surface area contributed by atoms with E-state index in [1.807, 2.05) is 0 Å². The van der Waals surface area contributed by atoms with E-state index in [4.69, 9.17) is 4.74 Å². The van der Waals surface area contributed by atoms with Gasteiger partial charge in [-0.25, -0.2) is 0 Å². The molecule has 1 saturated heterocycles. The second-order valence-corrected chi connectivity index (χ2v) is 4.88. The summed E-state index contributed by atoms with van der Waals surface area (Å²) in [5.41, 5.74) is 0.192. The number of ether oxygens (including phenoxy) is 1. The lowest BCUT2D eigenvalue weighted by atomic mass is 9.68. The maximum atomic E-state index is 9.86. The van der Waals surface area contributed by atoms with Gasteiger partial charge in [0.05, 0.1) is 18.3 Å². The lowest BCUT2D eigenvalue weighted by Gasteiger charge is -2.36. The van der Waals surface area contributed by atoms with Gasteiger partial charge in [-0.05, 0) is 37.0 Å². The lowest BCUT2D eigenvalue weighted by Crippen LogP contribution is -2.38. The first-order chi connectivity index (χ1) is 5.72. The zero-order valence-electron chi connectivity index (χ0n) is 7.49. The summed E-state index contributed by atoms with van der Waals surface area (Å²) in [7, 11) is 0. The van der Waals surface area contributed by atoms with Crippen molar-refractivity contribution in [3.8, 4) is 0 Å². The highest BCUT2D eigenvalue weighted by atomic mass is 16.6. The Morgan fingerprint density at radius 2 is 2.17 bits per heavy atom. The molecule has 3 fully saturated rings. The molecule has 0 aromatic carbocycles. The van der Waals surface area contributed by atoms with Crippen LogP contribution in [0.3, 0.4) is 0 Å². The third kappa shape index (κ3) is 0.728. The molecule has 1 aliphatic heterocycles. The van der Waals surface area contributed by atoms with Gasteiger partial charge in [0.1, 0.15) is 0 Å². The Labute approximate surface area is 72.9 Å². The molecule has 0 aromatic rings. The van der Waals surface area contributed by atoms with Crippen molar-refractivity contribution >= 4 is 0 Å². The van der Waals surface area contributed by atoms with Gasteiger partial charge in [0, 0.05) is 0 Å². The SMILES string of the molecule is C[C@]12CC[C@@H]3O[C@@H]3[C@@H]1CC[C@@H]2O. The number of hydrogen-bond donors (Lipinski definition) is 1. The van der Waals surface area contributed by atoms with Crippen LogP contribution in [0.2, 0.25) is 0 Å². The molecule has 2 aliphatic carbocycles. The van der Waals surface area contributed by atoms with E-state index < -0.39 is 0 Å². The van der Waals surface area contributed by atoms with Gasteiger partial charge in [-0.3, -0.25) is 0 Å². The van der Waals surface area contributed by atoms with E-state index in [9.17, 15) is 5.11 Å². The average Bonchev–Trinajstić information content (AvgIpc) is 2.76. The van der Waals surface area contributed by atoms with Crippen LogP contribution in [-0.2, 0) is 4.74 Å². The number of hydrogen-bond acceptors (Lipinski definition) is 2. The van der Waals surface area contributed by atoms with Crippen molar-refractivity contribution in [1.29, 1.82) is 0 Å². The monoisotopic (exact) mass is 168 g/mol. The molecular weight excluding hydrogens is 152 g/mol. The summed E-state index contributed by atoms with van der Waals surface area (Å²) in [6, 6.07) is 0. The van der Waals surface area contributed by atoms with Gasteiger partial charge >= 0.3 is 0 Å². The summed E-state index contributed by atoms with van der Waals surface area (Å²) < 4.78 is 5.59. The van der Waals surface area contributed by atoms with E-state index >= 15 is 0 Å². The summed E-state index contributed by atoms with van der Waals surface area (Å²) in [6.45, 7) is 2.24. The van der Waals surface area contributed by atoms with Crippen LogP contribution in [0.15, 0.2) is 0 Å². The lowest BCUT2D eigenvalue weighted by molar-refractivity contribution is 0.0197. The largest absolute Gasteiger partial charge is 0.393 e. The van der Waals surface area contributed by atoms with Crippen molar-refractivity contribution < 1.29 is 9.84 Å². The maximum absolute atomic E-state index is 9.86. The maximum Gasteiger partial charge on any atom is 0.0876 e. The second kappa shape index (κ2) is 2.05. The minimum absolute atomic E-state index is 0.0624. The van der Waals surface area contributed by atoms with Gasteiger partial charge in [0.2, 0.25) is 0 Å². The molecule has 3 aliphatic rings. The predicted octanol–water partition coefficient (Wildman–Crippen LogP) is 1.32. The predicted molar refractivity (Wildman–Crippen MR) is 44.7 cm³/mol. The standard InChI is InChI=1S/C10H16O2/c1-10-5-4-7-9(12-7)6(10)2-3-8(10)11/h6-9,11H,2-5H2,1H3/t6-,7-,8-,9+,10-/m0/s1. The Balaban J connectivity index is 1.91. The molecule has 0 spiro atoms. The fraction of sp³-hybridized carbons (Fsp3) is 1.00. The van der Waals surface area contributed by atoms with Crippen LogP contribution in [0.1, 0.15) is 32.6 Å².